The van der Waals surface area contributed by atoms with E-state index in [1.165, 1.54) is 37.7 Å². The van der Waals surface area contributed by atoms with Crippen LogP contribution in [0.3, 0.4) is 0 Å². The molecular weight excluding hydrogens is 490 g/mol. The van der Waals surface area contributed by atoms with Crippen molar-refractivity contribution in [2.45, 2.75) is 79.7 Å². The zero-order chi connectivity index (χ0) is 23.8. The van der Waals surface area contributed by atoms with Crippen molar-refractivity contribution < 1.29 is 26.4 Å². The van der Waals surface area contributed by atoms with Crippen molar-refractivity contribution in [3.8, 4) is 0 Å². The molecule has 4 atom stereocenters. The summed E-state index contributed by atoms with van der Waals surface area (Å²) in [5.74, 6) is 2.26. The summed E-state index contributed by atoms with van der Waals surface area (Å²) in [7, 11) is 3.62. The number of rotatable bonds is 7. The first-order chi connectivity index (χ1) is 15.7. The molecule has 0 bridgehead atoms. The van der Waals surface area contributed by atoms with Crippen molar-refractivity contribution in [2.75, 3.05) is 12.6 Å². The third kappa shape index (κ3) is 4.70. The van der Waals surface area contributed by atoms with Gasteiger partial charge < -0.3 is 17.0 Å². The van der Waals surface area contributed by atoms with Crippen LogP contribution in [0.15, 0.2) is 36.0 Å². The molecule has 1 saturated carbocycles. The zero-order valence-electron chi connectivity index (χ0n) is 22.0. The van der Waals surface area contributed by atoms with E-state index in [1.807, 2.05) is 11.6 Å². The molecule has 2 aromatic heterocycles. The van der Waals surface area contributed by atoms with Crippen LogP contribution < -0.4 is 27.0 Å². The Hall–Kier alpha value is -1.73. The topological polar surface area (TPSA) is 55.9 Å². The van der Waals surface area contributed by atoms with Crippen molar-refractivity contribution in [2.24, 2.45) is 29.7 Å². The predicted octanol–water partition coefficient (Wildman–Crippen LogP) is 2.76. The number of nitrogens with zero attached hydrogens (tertiary/aromatic N) is 4. The quantitative estimate of drug-likeness (QED) is 0.339. The summed E-state index contributed by atoms with van der Waals surface area (Å²) in [6.07, 6.45) is 16.2. The van der Waals surface area contributed by atoms with Crippen LogP contribution in [0, 0.1) is 22.7 Å². The fourth-order valence-electron chi connectivity index (χ4n) is 6.68. The molecule has 2 heterocycles. The summed E-state index contributed by atoms with van der Waals surface area (Å²) in [6, 6.07) is 0. The highest BCUT2D eigenvalue weighted by Crippen LogP contribution is 2.61. The summed E-state index contributed by atoms with van der Waals surface area (Å²) in [6.45, 7) is 13.1. The van der Waals surface area contributed by atoms with E-state index in [4.69, 9.17) is 4.84 Å². The number of allylic oxidation sites excluding steroid dienone is 4. The van der Waals surface area contributed by atoms with Crippen molar-refractivity contribution in [3.63, 3.8) is 0 Å². The average Bonchev–Trinajstić information content (AvgIpc) is 3.12. The van der Waals surface area contributed by atoms with Crippen LogP contribution >= 0.6 is 0 Å². The molecule has 2 aliphatic rings. The molecule has 1 N–H and O–H groups in total. The Kier molecular flexibility index (Phi) is 8.29. The summed E-state index contributed by atoms with van der Waals surface area (Å²) < 4.78 is 4.23. The van der Waals surface area contributed by atoms with Gasteiger partial charge in [-0.2, -0.15) is 4.98 Å². The van der Waals surface area contributed by atoms with Crippen molar-refractivity contribution in [3.05, 3.63) is 36.0 Å². The minimum absolute atomic E-state index is 0. The van der Waals surface area contributed by atoms with Crippen LogP contribution in [0.25, 0.3) is 11.2 Å². The molecular formula is C27H42BrN5O. The molecule has 34 heavy (non-hydrogen) atoms. The van der Waals surface area contributed by atoms with E-state index in [2.05, 4.69) is 73.1 Å². The second-order valence-electron chi connectivity index (χ2n) is 11.0. The molecule has 0 saturated heterocycles. The van der Waals surface area contributed by atoms with E-state index in [1.54, 1.807) is 19.0 Å². The van der Waals surface area contributed by atoms with Gasteiger partial charge in [0.2, 0.25) is 5.52 Å². The van der Waals surface area contributed by atoms with Crippen LogP contribution in [0.4, 0.5) is 5.82 Å². The maximum absolute atomic E-state index is 5.13. The number of halogens is 1. The number of imidazole rings is 1. The Labute approximate surface area is 215 Å². The predicted molar refractivity (Wildman–Crippen MR) is 133 cm³/mol. The van der Waals surface area contributed by atoms with Crippen molar-refractivity contribution in [1.82, 2.24) is 14.5 Å². The maximum Gasteiger partial charge on any atom is 0.307 e. The monoisotopic (exact) mass is 531 g/mol. The highest BCUT2D eigenvalue weighted by molar-refractivity contribution is 5.80. The number of anilines is 1. The van der Waals surface area contributed by atoms with Crippen LogP contribution in [0.2, 0.25) is 0 Å². The lowest BCUT2D eigenvalue weighted by atomic mass is 9.47. The molecule has 0 unspecified atom stereocenters. The van der Waals surface area contributed by atoms with Crippen LogP contribution in [-0.4, -0.2) is 21.6 Å². The smallest absolute Gasteiger partial charge is 0.307 e. The lowest BCUT2D eigenvalue weighted by molar-refractivity contribution is -0.647. The van der Waals surface area contributed by atoms with E-state index >= 15 is 0 Å². The van der Waals surface area contributed by atoms with Gasteiger partial charge in [0.15, 0.2) is 18.5 Å². The molecule has 1 fully saturated rings. The number of aromatic nitrogens is 4. The molecule has 0 amide bonds. The molecule has 7 heteroatoms. The van der Waals surface area contributed by atoms with E-state index in [0.29, 0.717) is 16.6 Å². The highest BCUT2D eigenvalue weighted by Gasteiger charge is 2.52. The van der Waals surface area contributed by atoms with Crippen LogP contribution in [-0.2, 0) is 18.4 Å². The number of hydrogen-bond donors (Lipinski definition) is 1. The fraction of sp³-hybridized carbons (Fsp3) is 0.667. The second kappa shape index (κ2) is 10.5. The zero-order valence-corrected chi connectivity index (χ0v) is 23.6. The molecule has 188 valence electrons. The normalized spacial score (nSPS) is 29.4. The summed E-state index contributed by atoms with van der Waals surface area (Å²) in [5, 5.41) is 0. The Bertz CT molecular complexity index is 1080. The Balaban J connectivity index is 0.00000324. The number of fused-ring (bicyclic) bond motifs is 2. The first-order valence-corrected chi connectivity index (χ1v) is 12.5. The Morgan fingerprint density at radius 2 is 2.09 bits per heavy atom. The average molecular weight is 533 g/mol. The van der Waals surface area contributed by atoms with Crippen LogP contribution in [0.5, 0.6) is 0 Å². The van der Waals surface area contributed by atoms with Gasteiger partial charge >= 0.3 is 5.65 Å². The number of nitrogens with one attached hydrogen (secondary N) is 1. The molecule has 2 aromatic rings. The van der Waals surface area contributed by atoms with E-state index in [0.717, 1.165) is 36.0 Å². The molecule has 0 aliphatic heterocycles. The lowest BCUT2D eigenvalue weighted by Gasteiger charge is -2.58. The van der Waals surface area contributed by atoms with Crippen molar-refractivity contribution in [1.29, 1.82) is 0 Å². The van der Waals surface area contributed by atoms with Crippen LogP contribution in [0.1, 0.15) is 73.1 Å². The molecule has 6 nitrogen and oxygen atoms in total. The van der Waals surface area contributed by atoms with E-state index in [-0.39, 0.29) is 17.0 Å². The molecule has 0 aromatic carbocycles. The van der Waals surface area contributed by atoms with Gasteiger partial charge in [0.05, 0.1) is 20.7 Å². The van der Waals surface area contributed by atoms with E-state index in [9.17, 15) is 0 Å². The van der Waals surface area contributed by atoms with Gasteiger partial charge in [-0.05, 0) is 75.0 Å². The fourth-order valence-corrected chi connectivity index (χ4v) is 6.68. The lowest BCUT2D eigenvalue weighted by Crippen LogP contribution is -3.00. The first-order valence-electron chi connectivity index (χ1n) is 12.5. The Morgan fingerprint density at radius 3 is 2.82 bits per heavy atom. The van der Waals surface area contributed by atoms with Gasteiger partial charge in [0, 0.05) is 0 Å². The van der Waals surface area contributed by atoms with Gasteiger partial charge in [-0.25, -0.2) is 10.0 Å². The number of aryl methyl sites for hydroxylation is 1. The summed E-state index contributed by atoms with van der Waals surface area (Å²) >= 11 is 0. The SMILES string of the molecule is CONc1ncnc2c1n(C/C=C(\C)CC[C@]1(C)[C@@H](C)CC[C@@]3(C)C(C)=CCC[C@@H]13)c[n+]2C.[Br-]. The highest BCUT2D eigenvalue weighted by atomic mass is 79.9. The molecule has 4 rings (SSSR count). The van der Waals surface area contributed by atoms with Gasteiger partial charge in [-0.1, -0.05) is 49.1 Å². The minimum Gasteiger partial charge on any atom is -1.00 e. The summed E-state index contributed by atoms with van der Waals surface area (Å²) in [5.41, 5.74) is 8.62. The maximum atomic E-state index is 5.13. The first kappa shape index (κ1) is 26.9. The number of hydrogen-bond acceptors (Lipinski definition) is 4. The molecule has 0 spiro atoms. The third-order valence-corrected chi connectivity index (χ3v) is 9.22. The minimum atomic E-state index is 0. The second-order valence-corrected chi connectivity index (χ2v) is 11.0. The molecule has 2 aliphatic carbocycles. The van der Waals surface area contributed by atoms with Gasteiger partial charge in [0.25, 0.3) is 0 Å². The van der Waals surface area contributed by atoms with Gasteiger partial charge in [0.1, 0.15) is 0 Å². The van der Waals surface area contributed by atoms with Gasteiger partial charge in [-0.3, -0.25) is 9.40 Å². The molecule has 0 radical (unpaired) electrons. The Morgan fingerprint density at radius 1 is 1.32 bits per heavy atom. The summed E-state index contributed by atoms with van der Waals surface area (Å²) in [4.78, 5) is 13.9. The largest absolute Gasteiger partial charge is 1.00 e. The van der Waals surface area contributed by atoms with Crippen molar-refractivity contribution >= 4 is 17.0 Å². The van der Waals surface area contributed by atoms with Gasteiger partial charge in [-0.15, -0.1) is 0 Å². The standard InChI is InChI=1S/C27H42N5O.BrH/c1-19(13-16-32-18-31(6)25-23(32)24(30-33-7)28-17-29-25)11-14-26(4)21(3)12-15-27(5)20(2)9-8-10-22(26)27;/h9,13,17-18,21-22H,8,10-12,14-16H2,1-7H3,(H,28,29,30);1H/q+1;/p-1/b19-13+;/t21-,22-,26+,27-;/m0./s1. The third-order valence-electron chi connectivity index (χ3n) is 9.22. The van der Waals surface area contributed by atoms with E-state index < -0.39 is 0 Å².